The highest BCUT2D eigenvalue weighted by Gasteiger charge is 2.49. The van der Waals surface area contributed by atoms with E-state index < -0.39 is 45.0 Å². The van der Waals surface area contributed by atoms with Crippen molar-refractivity contribution in [3.63, 3.8) is 0 Å². The van der Waals surface area contributed by atoms with Crippen LogP contribution in [-0.2, 0) is 14.9 Å². The van der Waals surface area contributed by atoms with Gasteiger partial charge < -0.3 is 23.9 Å². The third-order valence-corrected chi connectivity index (χ3v) is 6.56. The lowest BCUT2D eigenvalue weighted by Crippen LogP contribution is -2.44. The molecule has 2 heterocycles. The quantitative estimate of drug-likeness (QED) is 0.226. The molecule has 2 aromatic carbocycles. The fraction of sp³-hybridized carbons (Fsp3) is 0.400. The molecule has 0 bridgehead atoms. The van der Waals surface area contributed by atoms with E-state index >= 15 is 0 Å². The Morgan fingerprint density at radius 3 is 2.40 bits per heavy atom. The molecule has 1 aliphatic heterocycles. The van der Waals surface area contributed by atoms with Crippen LogP contribution < -0.4 is 14.2 Å². The minimum Gasteiger partial charge on any atom is -0.486 e. The second-order valence-corrected chi connectivity index (χ2v) is 11.5. The topological polar surface area (TPSA) is 120 Å². The van der Waals surface area contributed by atoms with Crippen molar-refractivity contribution in [2.24, 2.45) is 0 Å². The fourth-order valence-corrected chi connectivity index (χ4v) is 4.24. The number of amides is 1. The molecule has 1 saturated heterocycles. The number of rotatable bonds is 6. The van der Waals surface area contributed by atoms with Crippen molar-refractivity contribution in [1.82, 2.24) is 14.9 Å². The number of alkyl halides is 3. The smallest absolute Gasteiger partial charge is 0.486 e. The number of nitrogens with one attached hydrogen (secondary N) is 1. The van der Waals surface area contributed by atoms with Gasteiger partial charge in [-0.05, 0) is 45.0 Å². The van der Waals surface area contributed by atoms with E-state index in [0.29, 0.717) is 18.5 Å². The van der Waals surface area contributed by atoms with Crippen molar-refractivity contribution >= 4 is 38.8 Å². The van der Waals surface area contributed by atoms with Gasteiger partial charge in [-0.25, -0.2) is 19.2 Å². The molecule has 1 aliphatic rings. The molecule has 1 N–H and O–H groups in total. The molecule has 40 heavy (non-hydrogen) atoms. The zero-order chi connectivity index (χ0) is 29.3. The van der Waals surface area contributed by atoms with Crippen molar-refractivity contribution < 1.29 is 44.4 Å². The number of carbonyl (C=O) groups excluding carboxylic acids is 1. The minimum absolute atomic E-state index is 0.0475. The molecule has 10 nitrogen and oxygen atoms in total. The van der Waals surface area contributed by atoms with E-state index in [4.69, 9.17) is 9.47 Å². The summed E-state index contributed by atoms with van der Waals surface area (Å²) in [5.41, 5.74) is -5.82. The van der Waals surface area contributed by atoms with E-state index in [-0.39, 0.29) is 35.7 Å². The highest BCUT2D eigenvalue weighted by molar-refractivity contribution is 7.88. The average molecular weight is 587 g/mol. The first-order valence-electron chi connectivity index (χ1n) is 12.1. The standard InChI is InChI=1S/C25H26F4N4O6S/c1-24(2,3)38-23(34)33-9-7-18(8-10-33)37-20-13-19-15(11-21(20)39-40(35,36)25(27,28)29)14-30-22(32-19)31-17-6-4-5-16(26)12-17/h4-6,11-14,18H,7-10H2,1-3H3,(H,30,31,32). The maximum atomic E-state index is 13.5. The Kier molecular flexibility index (Phi) is 7.97. The minimum atomic E-state index is -6.01. The summed E-state index contributed by atoms with van der Waals surface area (Å²) in [6, 6.07) is 7.78. The Bertz CT molecular complexity index is 1500. The van der Waals surface area contributed by atoms with Gasteiger partial charge in [0, 0.05) is 49.3 Å². The number of anilines is 2. The monoisotopic (exact) mass is 586 g/mol. The van der Waals surface area contributed by atoms with E-state index in [0.717, 1.165) is 6.07 Å². The molecular formula is C25H26F4N4O6S. The Morgan fingerprint density at radius 2 is 1.77 bits per heavy atom. The Balaban J connectivity index is 1.60. The number of aromatic nitrogens is 2. The van der Waals surface area contributed by atoms with Gasteiger partial charge in [-0.15, -0.1) is 0 Å². The molecular weight excluding hydrogens is 560 g/mol. The van der Waals surface area contributed by atoms with Crippen LogP contribution in [0.4, 0.5) is 34.0 Å². The van der Waals surface area contributed by atoms with Gasteiger partial charge in [0.2, 0.25) is 5.95 Å². The van der Waals surface area contributed by atoms with Gasteiger partial charge in [-0.3, -0.25) is 0 Å². The van der Waals surface area contributed by atoms with Crippen LogP contribution in [0.2, 0.25) is 0 Å². The van der Waals surface area contributed by atoms with Crippen molar-refractivity contribution in [2.45, 2.75) is 50.8 Å². The normalized spacial score (nSPS) is 15.1. The van der Waals surface area contributed by atoms with Gasteiger partial charge in [-0.2, -0.15) is 21.6 Å². The third kappa shape index (κ3) is 7.20. The van der Waals surface area contributed by atoms with Crippen molar-refractivity contribution in [1.29, 1.82) is 0 Å². The number of likely N-dealkylation sites (tertiary alicyclic amines) is 1. The van der Waals surface area contributed by atoms with Crippen LogP contribution in [0.1, 0.15) is 33.6 Å². The maximum Gasteiger partial charge on any atom is 0.534 e. The molecule has 0 aliphatic carbocycles. The maximum absolute atomic E-state index is 13.5. The summed E-state index contributed by atoms with van der Waals surface area (Å²) in [4.78, 5) is 22.2. The number of benzene rings is 2. The highest BCUT2D eigenvalue weighted by Crippen LogP contribution is 2.37. The second kappa shape index (κ2) is 10.9. The van der Waals surface area contributed by atoms with Crippen LogP contribution in [0.25, 0.3) is 10.9 Å². The first kappa shape index (κ1) is 29.1. The van der Waals surface area contributed by atoms with Gasteiger partial charge in [0.05, 0.1) is 5.52 Å². The average Bonchev–Trinajstić information content (AvgIpc) is 2.83. The van der Waals surface area contributed by atoms with Gasteiger partial charge in [0.15, 0.2) is 11.5 Å². The molecule has 0 spiro atoms. The third-order valence-electron chi connectivity index (χ3n) is 5.60. The van der Waals surface area contributed by atoms with Crippen LogP contribution in [0.15, 0.2) is 42.6 Å². The van der Waals surface area contributed by atoms with Gasteiger partial charge in [0.1, 0.15) is 17.5 Å². The summed E-state index contributed by atoms with van der Waals surface area (Å²) in [5.74, 6) is -1.45. The number of carbonyl (C=O) groups is 1. The molecule has 0 radical (unpaired) electrons. The first-order chi connectivity index (χ1) is 18.6. The Morgan fingerprint density at radius 1 is 1.07 bits per heavy atom. The van der Waals surface area contributed by atoms with Gasteiger partial charge in [-0.1, -0.05) is 6.07 Å². The van der Waals surface area contributed by atoms with Crippen LogP contribution >= 0.6 is 0 Å². The Hall–Kier alpha value is -3.88. The molecule has 216 valence electrons. The number of hydrogen-bond acceptors (Lipinski definition) is 9. The SMILES string of the molecule is CC(C)(C)OC(=O)N1CCC(Oc2cc3nc(Nc4cccc(F)c4)ncc3cc2OS(=O)(=O)C(F)(F)F)CC1. The Labute approximate surface area is 227 Å². The lowest BCUT2D eigenvalue weighted by atomic mass is 10.1. The fourth-order valence-electron chi connectivity index (χ4n) is 3.78. The van der Waals surface area contributed by atoms with E-state index in [1.807, 2.05) is 0 Å². The molecule has 15 heteroatoms. The molecule has 0 atom stereocenters. The second-order valence-electron chi connectivity index (χ2n) is 9.95. The summed E-state index contributed by atoms with van der Waals surface area (Å²) in [6.07, 6.45) is 0.726. The van der Waals surface area contributed by atoms with Crippen LogP contribution in [0.5, 0.6) is 11.5 Å². The summed E-state index contributed by atoms with van der Waals surface area (Å²) >= 11 is 0. The first-order valence-corrected chi connectivity index (χ1v) is 13.5. The number of nitrogens with zero attached hydrogens (tertiary/aromatic N) is 3. The molecule has 1 amide bonds. The molecule has 0 saturated carbocycles. The van der Waals surface area contributed by atoms with Crippen LogP contribution in [-0.4, -0.2) is 59.7 Å². The molecule has 1 fully saturated rings. The number of halogens is 4. The zero-order valence-electron chi connectivity index (χ0n) is 21.7. The van der Waals surface area contributed by atoms with Crippen LogP contribution in [0, 0.1) is 5.82 Å². The van der Waals surface area contributed by atoms with Crippen molar-refractivity contribution in [2.75, 3.05) is 18.4 Å². The zero-order valence-corrected chi connectivity index (χ0v) is 22.5. The van der Waals surface area contributed by atoms with E-state index in [9.17, 15) is 30.8 Å². The highest BCUT2D eigenvalue weighted by atomic mass is 32.2. The van der Waals surface area contributed by atoms with Gasteiger partial charge in [0.25, 0.3) is 0 Å². The predicted molar refractivity (Wildman–Crippen MR) is 136 cm³/mol. The summed E-state index contributed by atoms with van der Waals surface area (Å²) in [5, 5.41) is 2.97. The molecule has 3 aromatic rings. The number of piperidine rings is 1. The number of fused-ring (bicyclic) bond motifs is 1. The summed E-state index contributed by atoms with van der Waals surface area (Å²) in [7, 11) is -6.01. The molecule has 0 unspecified atom stereocenters. The van der Waals surface area contributed by atoms with Crippen LogP contribution in [0.3, 0.4) is 0 Å². The van der Waals surface area contributed by atoms with E-state index in [1.165, 1.54) is 35.4 Å². The molecule has 4 rings (SSSR count). The molecule has 1 aromatic heterocycles. The largest absolute Gasteiger partial charge is 0.534 e. The number of ether oxygens (including phenoxy) is 2. The summed E-state index contributed by atoms with van der Waals surface area (Å²) < 4.78 is 92.0. The lowest BCUT2D eigenvalue weighted by Gasteiger charge is -2.33. The van der Waals surface area contributed by atoms with Crippen molar-refractivity contribution in [3.05, 3.63) is 48.4 Å². The van der Waals surface area contributed by atoms with E-state index in [1.54, 1.807) is 26.8 Å². The van der Waals surface area contributed by atoms with Crippen molar-refractivity contribution in [3.8, 4) is 11.5 Å². The number of hydrogen-bond donors (Lipinski definition) is 1. The summed E-state index contributed by atoms with van der Waals surface area (Å²) in [6.45, 7) is 5.70. The lowest BCUT2D eigenvalue weighted by molar-refractivity contribution is -0.0500. The van der Waals surface area contributed by atoms with E-state index in [2.05, 4.69) is 19.5 Å². The predicted octanol–water partition coefficient (Wildman–Crippen LogP) is 5.52. The van der Waals surface area contributed by atoms with Gasteiger partial charge >= 0.3 is 21.7 Å².